The normalized spacial score (nSPS) is 26.0. The van der Waals surface area contributed by atoms with Crippen LogP contribution >= 0.6 is 0 Å². The quantitative estimate of drug-likeness (QED) is 0.927. The first-order valence-corrected chi connectivity index (χ1v) is 7.94. The minimum Gasteiger partial charge on any atom is -0.396 e. The smallest absolute Gasteiger partial charge is 0.133 e. The van der Waals surface area contributed by atoms with Crippen molar-refractivity contribution in [2.75, 3.05) is 30.3 Å². The molecule has 0 amide bonds. The summed E-state index contributed by atoms with van der Waals surface area (Å²) < 4.78 is 7.81. The maximum atomic E-state index is 9.39. The van der Waals surface area contributed by atoms with E-state index in [0.717, 1.165) is 50.6 Å². The average molecular weight is 288 g/mol. The van der Waals surface area contributed by atoms with Gasteiger partial charge in [0.1, 0.15) is 17.6 Å². The summed E-state index contributed by atoms with van der Waals surface area (Å²) in [5.74, 6) is 1.70. The van der Waals surface area contributed by atoms with Gasteiger partial charge in [-0.15, -0.1) is 0 Å². The molecule has 2 saturated heterocycles. The molecule has 2 N–H and O–H groups in total. The molecule has 3 heterocycles. The van der Waals surface area contributed by atoms with Crippen LogP contribution < -0.4 is 10.6 Å². The third-order valence-corrected chi connectivity index (χ3v) is 4.58. The number of nitriles is 1. The SMILES string of the molecule is C[C@@H]1CCCN(c2c(N)cc(C#N)n2C[C@H]2CCCO2)C1. The van der Waals surface area contributed by atoms with Gasteiger partial charge < -0.3 is 19.9 Å². The van der Waals surface area contributed by atoms with Crippen LogP contribution in [0.1, 0.15) is 38.3 Å². The molecule has 3 rings (SSSR count). The van der Waals surface area contributed by atoms with Gasteiger partial charge in [-0.3, -0.25) is 0 Å². The van der Waals surface area contributed by atoms with Crippen molar-refractivity contribution in [1.82, 2.24) is 4.57 Å². The van der Waals surface area contributed by atoms with Crippen molar-refractivity contribution in [3.05, 3.63) is 11.8 Å². The minimum absolute atomic E-state index is 0.213. The lowest BCUT2D eigenvalue weighted by Gasteiger charge is -2.34. The highest BCUT2D eigenvalue weighted by Crippen LogP contribution is 2.32. The van der Waals surface area contributed by atoms with Gasteiger partial charge in [0.2, 0.25) is 0 Å². The molecular weight excluding hydrogens is 264 g/mol. The lowest BCUT2D eigenvalue weighted by Crippen LogP contribution is -2.36. The molecule has 0 aromatic carbocycles. The molecule has 2 atom stereocenters. The maximum absolute atomic E-state index is 9.39. The highest BCUT2D eigenvalue weighted by atomic mass is 16.5. The molecule has 0 radical (unpaired) electrons. The summed E-state index contributed by atoms with van der Waals surface area (Å²) >= 11 is 0. The van der Waals surface area contributed by atoms with E-state index in [4.69, 9.17) is 10.5 Å². The molecule has 5 nitrogen and oxygen atoms in total. The number of rotatable bonds is 3. The fourth-order valence-corrected chi connectivity index (χ4v) is 3.56. The van der Waals surface area contributed by atoms with Gasteiger partial charge in [0, 0.05) is 19.7 Å². The zero-order chi connectivity index (χ0) is 14.8. The second-order valence-electron chi connectivity index (χ2n) is 6.36. The zero-order valence-electron chi connectivity index (χ0n) is 12.7. The number of nitrogens with two attached hydrogens (primary N) is 1. The summed E-state index contributed by atoms with van der Waals surface area (Å²) in [6, 6.07) is 4.09. The lowest BCUT2D eigenvalue weighted by atomic mass is 10.0. The van der Waals surface area contributed by atoms with Gasteiger partial charge in [-0.1, -0.05) is 6.92 Å². The summed E-state index contributed by atoms with van der Waals surface area (Å²) in [6.07, 6.45) is 4.85. The number of nitrogens with zero attached hydrogens (tertiary/aromatic N) is 3. The van der Waals surface area contributed by atoms with Crippen LogP contribution in [0.2, 0.25) is 0 Å². The topological polar surface area (TPSA) is 67.2 Å². The van der Waals surface area contributed by atoms with Crippen molar-refractivity contribution in [3.63, 3.8) is 0 Å². The second-order valence-corrected chi connectivity index (χ2v) is 6.36. The Bertz CT molecular complexity index is 539. The van der Waals surface area contributed by atoms with Crippen LogP contribution in [0.25, 0.3) is 0 Å². The zero-order valence-corrected chi connectivity index (χ0v) is 12.7. The summed E-state index contributed by atoms with van der Waals surface area (Å²) in [5, 5.41) is 9.39. The predicted molar refractivity (Wildman–Crippen MR) is 83.1 cm³/mol. The lowest BCUT2D eigenvalue weighted by molar-refractivity contribution is 0.0971. The molecule has 114 valence electrons. The highest BCUT2D eigenvalue weighted by molar-refractivity contribution is 5.68. The van der Waals surface area contributed by atoms with Crippen LogP contribution in [0, 0.1) is 17.2 Å². The number of ether oxygens (including phenoxy) is 1. The van der Waals surface area contributed by atoms with Gasteiger partial charge >= 0.3 is 0 Å². The molecular formula is C16H24N4O. The fraction of sp³-hybridized carbons (Fsp3) is 0.688. The number of piperidine rings is 1. The number of anilines is 2. The molecule has 2 fully saturated rings. The van der Waals surface area contributed by atoms with E-state index in [2.05, 4.69) is 22.5 Å². The molecule has 5 heteroatoms. The first-order valence-electron chi connectivity index (χ1n) is 7.94. The Labute approximate surface area is 126 Å². The number of aromatic nitrogens is 1. The standard InChI is InChI=1S/C16H24N4O/c1-12-4-2-6-19(10-12)16-15(18)8-13(9-17)20(16)11-14-5-3-7-21-14/h8,12,14H,2-7,10-11,18H2,1H3/t12-,14-/m1/s1. The molecule has 0 bridgehead atoms. The van der Waals surface area contributed by atoms with Crippen molar-refractivity contribution in [3.8, 4) is 6.07 Å². The van der Waals surface area contributed by atoms with Gasteiger partial charge in [0.15, 0.2) is 0 Å². The third-order valence-electron chi connectivity index (χ3n) is 4.58. The van der Waals surface area contributed by atoms with Gasteiger partial charge in [0.25, 0.3) is 0 Å². The van der Waals surface area contributed by atoms with Crippen LogP contribution in [0.5, 0.6) is 0 Å². The van der Waals surface area contributed by atoms with E-state index < -0.39 is 0 Å². The molecule has 0 aliphatic carbocycles. The molecule has 1 aromatic heterocycles. The van der Waals surface area contributed by atoms with E-state index >= 15 is 0 Å². The molecule has 0 unspecified atom stereocenters. The molecule has 1 aromatic rings. The van der Waals surface area contributed by atoms with Gasteiger partial charge in [0.05, 0.1) is 18.3 Å². The Morgan fingerprint density at radius 1 is 1.43 bits per heavy atom. The molecule has 0 saturated carbocycles. The van der Waals surface area contributed by atoms with Crippen molar-refractivity contribution >= 4 is 11.5 Å². The molecule has 0 spiro atoms. The van der Waals surface area contributed by atoms with Crippen LogP contribution in [-0.4, -0.2) is 30.4 Å². The predicted octanol–water partition coefficient (Wildman–Crippen LogP) is 2.36. The maximum Gasteiger partial charge on any atom is 0.133 e. The van der Waals surface area contributed by atoms with Gasteiger partial charge in [-0.05, 0) is 37.7 Å². The van der Waals surface area contributed by atoms with E-state index in [-0.39, 0.29) is 6.10 Å². The van der Waals surface area contributed by atoms with E-state index in [1.165, 1.54) is 12.8 Å². The second kappa shape index (κ2) is 5.98. The van der Waals surface area contributed by atoms with E-state index in [9.17, 15) is 5.26 Å². The van der Waals surface area contributed by atoms with Crippen molar-refractivity contribution < 1.29 is 4.74 Å². The molecule has 2 aliphatic rings. The highest BCUT2D eigenvalue weighted by Gasteiger charge is 2.26. The van der Waals surface area contributed by atoms with E-state index in [0.29, 0.717) is 11.6 Å². The monoisotopic (exact) mass is 288 g/mol. The Balaban J connectivity index is 1.90. The van der Waals surface area contributed by atoms with Crippen LogP contribution in [0.15, 0.2) is 6.07 Å². The van der Waals surface area contributed by atoms with Crippen molar-refractivity contribution in [2.45, 2.75) is 45.3 Å². The first kappa shape index (κ1) is 14.3. The Hall–Kier alpha value is -1.67. The summed E-state index contributed by atoms with van der Waals surface area (Å²) in [4.78, 5) is 2.35. The Morgan fingerprint density at radius 3 is 2.95 bits per heavy atom. The van der Waals surface area contributed by atoms with Crippen LogP contribution in [0.3, 0.4) is 0 Å². The number of hydrogen-bond acceptors (Lipinski definition) is 4. The summed E-state index contributed by atoms with van der Waals surface area (Å²) in [6.45, 7) is 5.89. The number of nitrogen functional groups attached to an aromatic ring is 1. The van der Waals surface area contributed by atoms with Gasteiger partial charge in [-0.25, -0.2) is 0 Å². The Morgan fingerprint density at radius 2 is 2.29 bits per heavy atom. The Kier molecular flexibility index (Phi) is 4.07. The average Bonchev–Trinajstić information content (AvgIpc) is 3.07. The number of hydrogen-bond donors (Lipinski definition) is 1. The van der Waals surface area contributed by atoms with Crippen LogP contribution in [-0.2, 0) is 11.3 Å². The largest absolute Gasteiger partial charge is 0.396 e. The van der Waals surface area contributed by atoms with Gasteiger partial charge in [-0.2, -0.15) is 5.26 Å². The van der Waals surface area contributed by atoms with Crippen molar-refractivity contribution in [2.24, 2.45) is 5.92 Å². The summed E-state index contributed by atoms with van der Waals surface area (Å²) in [5.41, 5.74) is 7.58. The molecule has 21 heavy (non-hydrogen) atoms. The molecule has 2 aliphatic heterocycles. The minimum atomic E-state index is 0.213. The first-order chi connectivity index (χ1) is 10.2. The van der Waals surface area contributed by atoms with Crippen LogP contribution in [0.4, 0.5) is 11.5 Å². The van der Waals surface area contributed by atoms with E-state index in [1.54, 1.807) is 0 Å². The third kappa shape index (κ3) is 2.86. The fourth-order valence-electron chi connectivity index (χ4n) is 3.56. The van der Waals surface area contributed by atoms with Crippen molar-refractivity contribution in [1.29, 1.82) is 5.26 Å². The van der Waals surface area contributed by atoms with E-state index in [1.807, 2.05) is 6.07 Å². The summed E-state index contributed by atoms with van der Waals surface area (Å²) in [7, 11) is 0.